The molecule has 1 rings (SSSR count). The first kappa shape index (κ1) is 18.8. The van der Waals surface area contributed by atoms with Gasteiger partial charge in [0.25, 0.3) is 0 Å². The minimum atomic E-state index is -0.517. The number of hydrogen-bond donors (Lipinski definition) is 2. The van der Waals surface area contributed by atoms with E-state index in [4.69, 9.17) is 18.9 Å². The zero-order valence-corrected chi connectivity index (χ0v) is 13.4. The molecule has 1 saturated heterocycles. The summed E-state index contributed by atoms with van der Waals surface area (Å²) in [6.45, 7) is 6.86. The molecule has 0 aromatic heterocycles. The van der Waals surface area contributed by atoms with Crippen molar-refractivity contribution >= 4 is 0 Å². The van der Waals surface area contributed by atoms with E-state index in [-0.39, 0.29) is 5.60 Å². The molecule has 1 fully saturated rings. The minimum Gasteiger partial charge on any atom is -0.389 e. The highest BCUT2D eigenvalue weighted by Crippen LogP contribution is 2.21. The fourth-order valence-electron chi connectivity index (χ4n) is 2.17. The fourth-order valence-corrected chi connectivity index (χ4v) is 2.17. The third kappa shape index (κ3) is 8.09. The molecule has 0 saturated carbocycles. The van der Waals surface area contributed by atoms with Crippen molar-refractivity contribution in [1.82, 2.24) is 5.32 Å². The van der Waals surface area contributed by atoms with Gasteiger partial charge in [-0.2, -0.15) is 0 Å². The van der Waals surface area contributed by atoms with Gasteiger partial charge in [-0.1, -0.05) is 13.3 Å². The number of hydrogen-bond acceptors (Lipinski definition) is 6. The van der Waals surface area contributed by atoms with Gasteiger partial charge in [0.15, 0.2) is 0 Å². The topological polar surface area (TPSA) is 69.2 Å². The lowest BCUT2D eigenvalue weighted by Crippen LogP contribution is -2.45. The molecule has 0 amide bonds. The standard InChI is InChI=1S/C15H31NO5/c1-3-4-6-19-8-9-20-11-14(17)10-16-12-15(18-2)5-7-21-13-15/h14,16-17H,3-13H2,1-2H3. The normalized spacial score (nSPS) is 23.6. The van der Waals surface area contributed by atoms with Crippen LogP contribution >= 0.6 is 0 Å². The molecule has 0 spiro atoms. The first-order valence-electron chi connectivity index (χ1n) is 7.89. The van der Waals surface area contributed by atoms with Crippen LogP contribution in [0, 0.1) is 0 Å². The van der Waals surface area contributed by atoms with Crippen molar-refractivity contribution in [2.45, 2.75) is 37.9 Å². The third-order valence-corrected chi connectivity index (χ3v) is 3.65. The Bertz CT molecular complexity index is 246. The summed E-state index contributed by atoms with van der Waals surface area (Å²) in [5, 5.41) is 13.0. The van der Waals surface area contributed by atoms with Crippen LogP contribution in [0.3, 0.4) is 0 Å². The maximum atomic E-state index is 9.82. The summed E-state index contributed by atoms with van der Waals surface area (Å²) in [5.41, 5.74) is -0.242. The maximum Gasteiger partial charge on any atom is 0.106 e. The first-order valence-corrected chi connectivity index (χ1v) is 7.89. The van der Waals surface area contributed by atoms with E-state index in [0.717, 1.165) is 32.5 Å². The van der Waals surface area contributed by atoms with Crippen molar-refractivity contribution in [2.75, 3.05) is 59.8 Å². The molecular weight excluding hydrogens is 274 g/mol. The van der Waals surface area contributed by atoms with Gasteiger partial charge in [0.1, 0.15) is 5.60 Å². The first-order chi connectivity index (χ1) is 10.2. The van der Waals surface area contributed by atoms with Gasteiger partial charge in [-0.15, -0.1) is 0 Å². The van der Waals surface area contributed by atoms with Gasteiger partial charge in [0, 0.05) is 39.8 Å². The van der Waals surface area contributed by atoms with E-state index in [0.29, 0.717) is 39.5 Å². The second-order valence-electron chi connectivity index (χ2n) is 5.52. The number of nitrogens with one attached hydrogen (secondary N) is 1. The van der Waals surface area contributed by atoms with Gasteiger partial charge in [0.2, 0.25) is 0 Å². The predicted molar refractivity (Wildman–Crippen MR) is 80.6 cm³/mol. The van der Waals surface area contributed by atoms with Gasteiger partial charge in [-0.25, -0.2) is 0 Å². The van der Waals surface area contributed by atoms with E-state index in [1.165, 1.54) is 0 Å². The number of ether oxygens (including phenoxy) is 4. The van der Waals surface area contributed by atoms with Gasteiger partial charge in [-0.3, -0.25) is 0 Å². The summed E-state index contributed by atoms with van der Waals surface area (Å²) in [4.78, 5) is 0. The molecule has 126 valence electrons. The summed E-state index contributed by atoms with van der Waals surface area (Å²) in [7, 11) is 1.70. The SMILES string of the molecule is CCCCOCCOCC(O)CNCC1(OC)CCOC1. The Hall–Kier alpha value is -0.240. The van der Waals surface area contributed by atoms with E-state index >= 15 is 0 Å². The Morgan fingerprint density at radius 1 is 1.29 bits per heavy atom. The van der Waals surface area contributed by atoms with Crippen LogP contribution < -0.4 is 5.32 Å². The van der Waals surface area contributed by atoms with E-state index in [1.807, 2.05) is 0 Å². The summed E-state index contributed by atoms with van der Waals surface area (Å²) in [5.74, 6) is 0. The summed E-state index contributed by atoms with van der Waals surface area (Å²) in [6, 6.07) is 0. The highest BCUT2D eigenvalue weighted by atomic mass is 16.6. The van der Waals surface area contributed by atoms with Crippen LogP contribution in [0.2, 0.25) is 0 Å². The van der Waals surface area contributed by atoms with Crippen LogP contribution in [0.1, 0.15) is 26.2 Å². The second kappa shape index (κ2) is 11.3. The summed E-state index contributed by atoms with van der Waals surface area (Å²) in [6.07, 6.45) is 2.59. The monoisotopic (exact) mass is 305 g/mol. The minimum absolute atomic E-state index is 0.242. The Labute approximate surface area is 128 Å². The van der Waals surface area contributed by atoms with E-state index < -0.39 is 6.10 Å². The fraction of sp³-hybridized carbons (Fsp3) is 1.00. The van der Waals surface area contributed by atoms with Gasteiger partial charge >= 0.3 is 0 Å². The van der Waals surface area contributed by atoms with Gasteiger partial charge in [0.05, 0.1) is 32.5 Å². The zero-order valence-electron chi connectivity index (χ0n) is 13.4. The lowest BCUT2D eigenvalue weighted by atomic mass is 10.0. The zero-order chi connectivity index (χ0) is 15.4. The molecule has 1 heterocycles. The third-order valence-electron chi connectivity index (χ3n) is 3.65. The van der Waals surface area contributed by atoms with Gasteiger partial charge in [-0.05, 0) is 6.42 Å². The summed E-state index contributed by atoms with van der Waals surface area (Å²) < 4.78 is 21.6. The van der Waals surface area contributed by atoms with Crippen LogP contribution in [0.4, 0.5) is 0 Å². The number of unbranched alkanes of at least 4 members (excludes halogenated alkanes) is 1. The van der Waals surface area contributed by atoms with E-state index in [2.05, 4.69) is 12.2 Å². The molecule has 0 aliphatic carbocycles. The molecule has 2 N–H and O–H groups in total. The van der Waals surface area contributed by atoms with E-state index in [9.17, 15) is 5.11 Å². The molecule has 0 bridgehead atoms. The molecule has 0 aromatic rings. The second-order valence-corrected chi connectivity index (χ2v) is 5.52. The molecule has 2 unspecified atom stereocenters. The van der Waals surface area contributed by atoms with Crippen LogP contribution in [0.5, 0.6) is 0 Å². The smallest absolute Gasteiger partial charge is 0.106 e. The van der Waals surface area contributed by atoms with E-state index in [1.54, 1.807) is 7.11 Å². The number of rotatable bonds is 13. The number of methoxy groups -OCH3 is 1. The summed E-state index contributed by atoms with van der Waals surface area (Å²) >= 11 is 0. The molecule has 0 aromatic carbocycles. The van der Waals surface area contributed by atoms with Crippen molar-refractivity contribution in [3.63, 3.8) is 0 Å². The highest BCUT2D eigenvalue weighted by molar-refractivity contribution is 4.87. The molecule has 0 radical (unpaired) electrons. The molecular formula is C15H31NO5. The Kier molecular flexibility index (Phi) is 10.2. The van der Waals surface area contributed by atoms with Crippen LogP contribution in [-0.4, -0.2) is 76.7 Å². The van der Waals surface area contributed by atoms with Crippen molar-refractivity contribution in [3.8, 4) is 0 Å². The molecule has 6 nitrogen and oxygen atoms in total. The number of aliphatic hydroxyl groups is 1. The van der Waals surface area contributed by atoms with Crippen LogP contribution in [-0.2, 0) is 18.9 Å². The Balaban J connectivity index is 1.95. The average Bonchev–Trinajstić information content (AvgIpc) is 2.96. The molecule has 6 heteroatoms. The highest BCUT2D eigenvalue weighted by Gasteiger charge is 2.34. The van der Waals surface area contributed by atoms with Crippen molar-refractivity contribution in [2.24, 2.45) is 0 Å². The Morgan fingerprint density at radius 2 is 2.10 bits per heavy atom. The molecule has 1 aliphatic heterocycles. The predicted octanol–water partition coefficient (Wildman–Crippen LogP) is 0.576. The van der Waals surface area contributed by atoms with Crippen molar-refractivity contribution in [1.29, 1.82) is 0 Å². The van der Waals surface area contributed by atoms with Gasteiger partial charge < -0.3 is 29.4 Å². The quantitative estimate of drug-likeness (QED) is 0.485. The lowest BCUT2D eigenvalue weighted by molar-refractivity contribution is -0.0221. The lowest BCUT2D eigenvalue weighted by Gasteiger charge is -2.26. The molecule has 2 atom stereocenters. The molecule has 1 aliphatic rings. The number of aliphatic hydroxyl groups excluding tert-OH is 1. The maximum absolute atomic E-state index is 9.82. The van der Waals surface area contributed by atoms with Crippen LogP contribution in [0.25, 0.3) is 0 Å². The van der Waals surface area contributed by atoms with Crippen molar-refractivity contribution in [3.05, 3.63) is 0 Å². The van der Waals surface area contributed by atoms with Crippen molar-refractivity contribution < 1.29 is 24.1 Å². The molecule has 21 heavy (non-hydrogen) atoms. The largest absolute Gasteiger partial charge is 0.389 e. The average molecular weight is 305 g/mol. The van der Waals surface area contributed by atoms with Crippen LogP contribution in [0.15, 0.2) is 0 Å². The Morgan fingerprint density at radius 3 is 2.76 bits per heavy atom.